The average Bonchev–Trinajstić information content (AvgIpc) is 3.11. The summed E-state index contributed by atoms with van der Waals surface area (Å²) >= 11 is -1.64. The van der Waals surface area contributed by atoms with Crippen LogP contribution in [-0.2, 0) is 15.9 Å². The van der Waals surface area contributed by atoms with Crippen molar-refractivity contribution in [2.45, 2.75) is 11.0 Å². The third kappa shape index (κ3) is 4.13. The number of fused-ring (bicyclic) bond motifs is 1. The van der Waals surface area contributed by atoms with Crippen LogP contribution in [-0.4, -0.2) is 74.7 Å². The van der Waals surface area contributed by atoms with Crippen LogP contribution < -0.4 is 4.90 Å². The summed E-state index contributed by atoms with van der Waals surface area (Å²) in [5, 5.41) is 15.1. The topological polar surface area (TPSA) is 113 Å². The van der Waals surface area contributed by atoms with Crippen molar-refractivity contribution in [2.24, 2.45) is 0 Å². The zero-order chi connectivity index (χ0) is 20.4. The predicted molar refractivity (Wildman–Crippen MR) is 109 cm³/mol. The number of aromatic nitrogens is 1. The first-order chi connectivity index (χ1) is 13.3. The second kappa shape index (κ2) is 8.45. The molecule has 2 aromatic heterocycles. The number of nitrogens with zero attached hydrogens (tertiary/aromatic N) is 3. The number of piperazine rings is 1. The molecule has 1 aliphatic rings. The number of nitrogens with one attached hydrogen (secondary N) is 2. The Balaban J connectivity index is 2.02. The van der Waals surface area contributed by atoms with Gasteiger partial charge in [0.1, 0.15) is 24.8 Å². The van der Waals surface area contributed by atoms with Crippen LogP contribution in [0.4, 0.5) is 10.2 Å². The number of alkyl halides is 1. The number of carbonyl (C=O) groups is 1. The number of carbonyl (C=O) groups excluding carboxylic acids is 1. The third-order valence-corrected chi connectivity index (χ3v) is 5.93. The van der Waals surface area contributed by atoms with Crippen molar-refractivity contribution in [1.82, 2.24) is 9.30 Å². The largest absolute Gasteiger partial charge is 0.354 e. The highest BCUT2D eigenvalue weighted by Gasteiger charge is 2.22. The SMILES string of the molecule is [B]C(F)C(=N)SC(=N)c1ccn2c(N3CCN(C=O)CC3)cc(S(=O)O)cc12. The number of halogens is 1. The fourth-order valence-corrected chi connectivity index (χ4v) is 4.01. The molecule has 0 aliphatic carbocycles. The standard InChI is InChI=1S/C16H17BFN5O3S2/c17-14(18)16(20)27-15(19)11-1-2-23-12(11)7-10(28(25)26)8-13(23)22-5-3-21(9-24)4-6-22/h1-2,7-9,14,19-20H,3-6H2,(H,25,26). The lowest BCUT2D eigenvalue weighted by Gasteiger charge is -2.34. The van der Waals surface area contributed by atoms with Gasteiger partial charge in [0.05, 0.1) is 15.5 Å². The molecule has 2 atom stereocenters. The minimum atomic E-state index is -2.24. The maximum atomic E-state index is 13.1. The van der Waals surface area contributed by atoms with Crippen molar-refractivity contribution in [3.8, 4) is 0 Å². The number of rotatable bonds is 5. The van der Waals surface area contributed by atoms with Gasteiger partial charge in [-0.15, -0.1) is 0 Å². The van der Waals surface area contributed by atoms with Crippen LogP contribution >= 0.6 is 11.8 Å². The molecule has 12 heteroatoms. The van der Waals surface area contributed by atoms with Gasteiger partial charge >= 0.3 is 0 Å². The fourth-order valence-electron chi connectivity index (χ4n) is 2.98. The number of pyridine rings is 1. The van der Waals surface area contributed by atoms with E-state index in [2.05, 4.69) is 0 Å². The van der Waals surface area contributed by atoms with Gasteiger partial charge in [0, 0.05) is 37.9 Å². The van der Waals surface area contributed by atoms with Crippen LogP contribution in [0, 0.1) is 10.8 Å². The number of thioether (sulfide) groups is 1. The van der Waals surface area contributed by atoms with E-state index >= 15 is 0 Å². The Morgan fingerprint density at radius 2 is 2.00 bits per heavy atom. The van der Waals surface area contributed by atoms with Crippen LogP contribution in [0.5, 0.6) is 0 Å². The molecule has 8 nitrogen and oxygen atoms in total. The van der Waals surface area contributed by atoms with E-state index < -0.39 is 22.2 Å². The Morgan fingerprint density at radius 1 is 1.32 bits per heavy atom. The zero-order valence-corrected chi connectivity index (χ0v) is 16.3. The molecule has 0 aromatic carbocycles. The van der Waals surface area contributed by atoms with Gasteiger partial charge in [-0.05, 0) is 18.2 Å². The van der Waals surface area contributed by atoms with E-state index in [1.807, 2.05) is 4.90 Å². The van der Waals surface area contributed by atoms with Gasteiger partial charge in [0.25, 0.3) is 0 Å². The molecular formula is C16H17BFN5O3S2. The van der Waals surface area contributed by atoms with Crippen LogP contribution in [0.15, 0.2) is 29.3 Å². The smallest absolute Gasteiger partial charge is 0.209 e. The van der Waals surface area contributed by atoms with Crippen LogP contribution in [0.25, 0.3) is 5.52 Å². The lowest BCUT2D eigenvalue weighted by molar-refractivity contribution is -0.118. The molecular weight excluding hydrogens is 404 g/mol. The molecule has 2 aromatic rings. The minimum Gasteiger partial charge on any atom is -0.354 e. The fraction of sp³-hybridized carbons (Fsp3) is 0.312. The number of amides is 1. The van der Waals surface area contributed by atoms with Crippen LogP contribution in [0.2, 0.25) is 0 Å². The normalized spacial score (nSPS) is 16.8. The lowest BCUT2D eigenvalue weighted by Crippen LogP contribution is -2.46. The number of hydrogen-bond donors (Lipinski definition) is 3. The van der Waals surface area contributed by atoms with Crippen molar-refractivity contribution in [1.29, 1.82) is 10.8 Å². The molecule has 0 saturated carbocycles. The van der Waals surface area contributed by atoms with Gasteiger partial charge in [-0.1, -0.05) is 11.8 Å². The van der Waals surface area contributed by atoms with E-state index in [1.54, 1.807) is 27.6 Å². The van der Waals surface area contributed by atoms with Crippen LogP contribution in [0.1, 0.15) is 5.56 Å². The first kappa shape index (κ1) is 20.6. The van der Waals surface area contributed by atoms with Crippen molar-refractivity contribution in [3.05, 3.63) is 30.0 Å². The summed E-state index contributed by atoms with van der Waals surface area (Å²) in [4.78, 5) is 14.7. The molecule has 2 unspecified atom stereocenters. The van der Waals surface area contributed by atoms with E-state index in [9.17, 15) is 17.9 Å². The summed E-state index contributed by atoms with van der Waals surface area (Å²) in [6.45, 7) is 2.17. The highest BCUT2D eigenvalue weighted by atomic mass is 32.2. The first-order valence-corrected chi connectivity index (χ1v) is 10.2. The summed E-state index contributed by atoms with van der Waals surface area (Å²) in [6, 6.07) is 4.72. The van der Waals surface area contributed by atoms with Crippen molar-refractivity contribution < 1.29 is 17.9 Å². The summed E-state index contributed by atoms with van der Waals surface area (Å²) in [5.41, 5.74) is 0.890. The van der Waals surface area contributed by atoms with Crippen LogP contribution in [0.3, 0.4) is 0 Å². The highest BCUT2D eigenvalue weighted by molar-refractivity contribution is 8.27. The van der Waals surface area contributed by atoms with Gasteiger partial charge in [0.2, 0.25) is 6.41 Å². The molecule has 3 heterocycles. The Morgan fingerprint density at radius 3 is 2.57 bits per heavy atom. The van der Waals surface area contributed by atoms with Crippen molar-refractivity contribution in [2.75, 3.05) is 31.1 Å². The Hall–Kier alpha value is -2.18. The van der Waals surface area contributed by atoms with E-state index in [-0.39, 0.29) is 9.94 Å². The molecule has 0 spiro atoms. The average molecular weight is 421 g/mol. The summed E-state index contributed by atoms with van der Waals surface area (Å²) < 4.78 is 36.2. The maximum Gasteiger partial charge on any atom is 0.209 e. The molecule has 3 rings (SSSR count). The monoisotopic (exact) mass is 421 g/mol. The summed E-state index contributed by atoms with van der Waals surface area (Å²) in [6.07, 6.45) is 0.539. The molecule has 1 aliphatic heterocycles. The molecule has 1 fully saturated rings. The second-order valence-corrected chi connectivity index (χ2v) is 8.13. The Bertz CT molecular complexity index is 959. The third-order valence-electron chi connectivity index (χ3n) is 4.42. The molecule has 1 saturated heterocycles. The number of hydrogen-bond acceptors (Lipinski definition) is 6. The van der Waals surface area contributed by atoms with Gasteiger partial charge in [-0.2, -0.15) is 0 Å². The van der Waals surface area contributed by atoms with E-state index in [4.69, 9.17) is 18.7 Å². The predicted octanol–water partition coefficient (Wildman–Crippen LogP) is 1.30. The Kier molecular flexibility index (Phi) is 6.21. The zero-order valence-electron chi connectivity index (χ0n) is 14.7. The van der Waals surface area contributed by atoms with E-state index in [0.29, 0.717) is 54.8 Å². The van der Waals surface area contributed by atoms with Gasteiger partial charge in [-0.25, -0.2) is 4.21 Å². The van der Waals surface area contributed by atoms with Crippen molar-refractivity contribution >= 4 is 58.5 Å². The van der Waals surface area contributed by atoms with E-state index in [0.717, 1.165) is 6.41 Å². The minimum absolute atomic E-state index is 0.0850. The quantitative estimate of drug-likeness (QED) is 0.222. The van der Waals surface area contributed by atoms with Crippen molar-refractivity contribution in [3.63, 3.8) is 0 Å². The number of anilines is 1. The lowest BCUT2D eigenvalue weighted by atomic mass is 10.0. The molecule has 0 bridgehead atoms. The summed E-state index contributed by atoms with van der Waals surface area (Å²) in [7, 11) is 5.04. The molecule has 28 heavy (non-hydrogen) atoms. The highest BCUT2D eigenvalue weighted by Crippen LogP contribution is 2.28. The van der Waals surface area contributed by atoms with Gasteiger partial charge in [-0.3, -0.25) is 20.0 Å². The maximum absolute atomic E-state index is 13.1. The molecule has 3 N–H and O–H groups in total. The van der Waals surface area contributed by atoms with E-state index in [1.165, 1.54) is 6.07 Å². The first-order valence-electron chi connectivity index (χ1n) is 8.27. The molecule has 1 amide bonds. The van der Waals surface area contributed by atoms with Gasteiger partial charge in [0.15, 0.2) is 11.1 Å². The molecule has 2 radical (unpaired) electrons. The molecule has 146 valence electrons. The second-order valence-electron chi connectivity index (χ2n) is 6.11. The summed E-state index contributed by atoms with van der Waals surface area (Å²) in [5.74, 6) is 0.654. The van der Waals surface area contributed by atoms with Gasteiger partial charge < -0.3 is 18.8 Å². The Labute approximate surface area is 168 Å².